The highest BCUT2D eigenvalue weighted by Crippen LogP contribution is 2.11. The largest absolute Gasteiger partial charge is 0.744 e. The first-order valence-electron chi connectivity index (χ1n) is 5.98. The number of nitrogens with zero attached hydrogens (tertiary/aromatic N) is 1. The number of hydrogen-bond acceptors (Lipinski definition) is 4. The SMILES string of the molecule is Cc1cc[n+](CCCCCC(=O)O)cc1S(=O)(=O)[O-]. The van der Waals surface area contributed by atoms with Gasteiger partial charge in [0.05, 0.1) is 0 Å². The van der Waals surface area contributed by atoms with Crippen LogP contribution in [-0.2, 0) is 21.5 Å². The highest BCUT2D eigenvalue weighted by atomic mass is 32.2. The van der Waals surface area contributed by atoms with Crippen molar-refractivity contribution in [3.63, 3.8) is 0 Å². The van der Waals surface area contributed by atoms with E-state index in [2.05, 4.69) is 0 Å². The van der Waals surface area contributed by atoms with E-state index in [9.17, 15) is 17.8 Å². The van der Waals surface area contributed by atoms with Crippen molar-refractivity contribution >= 4 is 16.1 Å². The fourth-order valence-electron chi connectivity index (χ4n) is 1.73. The summed E-state index contributed by atoms with van der Waals surface area (Å²) in [5.41, 5.74) is 0.428. The van der Waals surface area contributed by atoms with Crippen LogP contribution < -0.4 is 4.57 Å². The maximum Gasteiger partial charge on any atom is 0.303 e. The second-order valence-corrected chi connectivity index (χ2v) is 5.74. The van der Waals surface area contributed by atoms with Gasteiger partial charge in [0.25, 0.3) is 0 Å². The van der Waals surface area contributed by atoms with Crippen molar-refractivity contribution < 1.29 is 27.4 Å². The zero-order chi connectivity index (χ0) is 14.5. The molecular formula is C12H17NO5S. The summed E-state index contributed by atoms with van der Waals surface area (Å²) in [6.07, 6.45) is 5.25. The zero-order valence-corrected chi connectivity index (χ0v) is 11.5. The van der Waals surface area contributed by atoms with Crippen molar-refractivity contribution in [3.8, 4) is 0 Å². The van der Waals surface area contributed by atoms with E-state index >= 15 is 0 Å². The quantitative estimate of drug-likeness (QED) is 0.455. The number of aromatic nitrogens is 1. The highest BCUT2D eigenvalue weighted by Gasteiger charge is 2.12. The molecule has 1 heterocycles. The summed E-state index contributed by atoms with van der Waals surface area (Å²) < 4.78 is 34.7. The summed E-state index contributed by atoms with van der Waals surface area (Å²) in [5.74, 6) is -0.817. The molecule has 106 valence electrons. The molecule has 0 aliphatic rings. The van der Waals surface area contributed by atoms with E-state index < -0.39 is 16.1 Å². The van der Waals surface area contributed by atoms with E-state index in [1.54, 1.807) is 23.8 Å². The van der Waals surface area contributed by atoms with Gasteiger partial charge in [-0.25, -0.2) is 13.0 Å². The lowest BCUT2D eigenvalue weighted by molar-refractivity contribution is -0.699. The number of carbonyl (C=O) groups is 1. The molecule has 19 heavy (non-hydrogen) atoms. The number of unbranched alkanes of at least 4 members (excludes halogenated alkanes) is 2. The second kappa shape index (κ2) is 6.63. The minimum absolute atomic E-state index is 0.138. The summed E-state index contributed by atoms with van der Waals surface area (Å²) in [4.78, 5) is 10.1. The molecule has 0 aromatic carbocycles. The van der Waals surface area contributed by atoms with E-state index in [0.717, 1.165) is 12.8 Å². The number of carboxylic acid groups (broad SMARTS) is 1. The van der Waals surface area contributed by atoms with Crippen LogP contribution in [0.2, 0.25) is 0 Å². The second-order valence-electron chi connectivity index (χ2n) is 4.39. The Morgan fingerprint density at radius 2 is 2.05 bits per heavy atom. The van der Waals surface area contributed by atoms with Gasteiger partial charge in [-0.1, -0.05) is 0 Å². The van der Waals surface area contributed by atoms with Gasteiger partial charge in [-0.05, 0) is 25.3 Å². The van der Waals surface area contributed by atoms with Crippen LogP contribution >= 0.6 is 0 Å². The number of carboxylic acids is 1. The van der Waals surface area contributed by atoms with Gasteiger partial charge in [0.15, 0.2) is 12.4 Å². The minimum Gasteiger partial charge on any atom is -0.744 e. The fourth-order valence-corrected chi connectivity index (χ4v) is 2.46. The standard InChI is InChI=1S/C12H17NO5S/c1-10-6-8-13(9-11(10)19(16,17)18)7-4-2-3-5-12(14)15/h6,8-9H,2-5,7H2,1H3,(H-,14,15,16,17,18). The molecular weight excluding hydrogens is 270 g/mol. The monoisotopic (exact) mass is 287 g/mol. The molecule has 0 atom stereocenters. The van der Waals surface area contributed by atoms with Gasteiger partial charge < -0.3 is 9.66 Å². The summed E-state index contributed by atoms with van der Waals surface area (Å²) in [6.45, 7) is 2.13. The molecule has 0 saturated carbocycles. The Kier molecular flexibility index (Phi) is 5.44. The van der Waals surface area contributed by atoms with Crippen LogP contribution in [0.4, 0.5) is 0 Å². The molecule has 0 saturated heterocycles. The van der Waals surface area contributed by atoms with E-state index in [0.29, 0.717) is 18.5 Å². The third-order valence-electron chi connectivity index (χ3n) is 2.76. The summed E-state index contributed by atoms with van der Waals surface area (Å²) in [7, 11) is -4.45. The van der Waals surface area contributed by atoms with Crippen molar-refractivity contribution in [1.82, 2.24) is 0 Å². The van der Waals surface area contributed by atoms with Crippen LogP contribution in [0.5, 0.6) is 0 Å². The molecule has 6 nitrogen and oxygen atoms in total. The van der Waals surface area contributed by atoms with Crippen LogP contribution in [0, 0.1) is 6.92 Å². The fraction of sp³-hybridized carbons (Fsp3) is 0.500. The van der Waals surface area contributed by atoms with Crippen LogP contribution in [0.1, 0.15) is 31.2 Å². The normalized spacial score (nSPS) is 11.5. The maximum atomic E-state index is 11.0. The molecule has 0 unspecified atom stereocenters. The molecule has 0 aliphatic heterocycles. The lowest BCUT2D eigenvalue weighted by Gasteiger charge is -2.08. The number of rotatable bonds is 7. The van der Waals surface area contributed by atoms with Gasteiger partial charge in [-0.3, -0.25) is 4.79 Å². The van der Waals surface area contributed by atoms with Crippen molar-refractivity contribution in [2.45, 2.75) is 44.0 Å². The van der Waals surface area contributed by atoms with E-state index in [4.69, 9.17) is 5.11 Å². The Morgan fingerprint density at radius 1 is 1.37 bits per heavy atom. The van der Waals surface area contributed by atoms with Gasteiger partial charge in [0.1, 0.15) is 21.6 Å². The van der Waals surface area contributed by atoms with Gasteiger partial charge in [0, 0.05) is 18.9 Å². The first-order valence-corrected chi connectivity index (χ1v) is 7.39. The number of aryl methyl sites for hydroxylation is 2. The zero-order valence-electron chi connectivity index (χ0n) is 10.7. The van der Waals surface area contributed by atoms with Crippen LogP contribution in [0.3, 0.4) is 0 Å². The number of hydrogen-bond donors (Lipinski definition) is 1. The summed E-state index contributed by atoms with van der Waals surface area (Å²) in [6, 6.07) is 1.59. The lowest BCUT2D eigenvalue weighted by atomic mass is 10.2. The average molecular weight is 287 g/mol. The Labute approximate surface area is 112 Å². The highest BCUT2D eigenvalue weighted by molar-refractivity contribution is 7.85. The topological polar surface area (TPSA) is 98.4 Å². The molecule has 1 aromatic heterocycles. The van der Waals surface area contributed by atoms with Crippen LogP contribution in [0.15, 0.2) is 23.4 Å². The number of pyridine rings is 1. The molecule has 0 spiro atoms. The minimum atomic E-state index is -4.45. The summed E-state index contributed by atoms with van der Waals surface area (Å²) >= 11 is 0. The predicted octanol–water partition coefficient (Wildman–Crippen LogP) is 0.832. The summed E-state index contributed by atoms with van der Waals surface area (Å²) in [5, 5.41) is 8.48. The molecule has 0 bridgehead atoms. The molecule has 1 N–H and O–H groups in total. The van der Waals surface area contributed by atoms with E-state index in [1.165, 1.54) is 6.20 Å². The molecule has 1 aromatic rings. The van der Waals surface area contributed by atoms with Crippen LogP contribution in [0.25, 0.3) is 0 Å². The van der Waals surface area contributed by atoms with Gasteiger partial charge >= 0.3 is 5.97 Å². The first-order chi connectivity index (χ1) is 8.80. The van der Waals surface area contributed by atoms with Crippen molar-refractivity contribution in [2.24, 2.45) is 0 Å². The molecule has 7 heteroatoms. The molecule has 0 amide bonds. The van der Waals surface area contributed by atoms with Crippen molar-refractivity contribution in [3.05, 3.63) is 24.0 Å². The Hall–Kier alpha value is -1.47. The van der Waals surface area contributed by atoms with Gasteiger partial charge in [-0.15, -0.1) is 0 Å². The van der Waals surface area contributed by atoms with Gasteiger partial charge in [0.2, 0.25) is 0 Å². The smallest absolute Gasteiger partial charge is 0.303 e. The van der Waals surface area contributed by atoms with Crippen molar-refractivity contribution in [1.29, 1.82) is 0 Å². The van der Waals surface area contributed by atoms with Crippen molar-refractivity contribution in [2.75, 3.05) is 0 Å². The predicted molar refractivity (Wildman–Crippen MR) is 65.4 cm³/mol. The first kappa shape index (κ1) is 15.6. The maximum absolute atomic E-state index is 11.0. The molecule has 1 rings (SSSR count). The molecule has 0 fully saturated rings. The third-order valence-corrected chi connectivity index (χ3v) is 3.73. The van der Waals surface area contributed by atoms with E-state index in [-0.39, 0.29) is 11.3 Å². The van der Waals surface area contributed by atoms with Crippen LogP contribution in [-0.4, -0.2) is 24.0 Å². The Bertz CT molecular complexity index is 553. The Morgan fingerprint density at radius 3 is 2.63 bits per heavy atom. The molecule has 0 radical (unpaired) electrons. The lowest BCUT2D eigenvalue weighted by Crippen LogP contribution is -2.34. The molecule has 0 aliphatic carbocycles. The third kappa shape index (κ3) is 5.35. The number of aliphatic carboxylic acids is 1. The average Bonchev–Trinajstić information content (AvgIpc) is 2.28. The van der Waals surface area contributed by atoms with Gasteiger partial charge in [-0.2, -0.15) is 0 Å². The van der Waals surface area contributed by atoms with E-state index in [1.807, 2.05) is 0 Å². The Balaban J connectivity index is 2.58.